The summed E-state index contributed by atoms with van der Waals surface area (Å²) < 4.78 is 32.9. The normalized spacial score (nSPS) is 17.6. The predicted molar refractivity (Wildman–Crippen MR) is 87.8 cm³/mol. The minimum atomic E-state index is -3.62. The maximum absolute atomic E-state index is 12.5. The molecule has 0 saturated carbocycles. The summed E-state index contributed by atoms with van der Waals surface area (Å²) >= 11 is 6.07. The van der Waals surface area contributed by atoms with Gasteiger partial charge < -0.3 is 4.74 Å². The fraction of sp³-hybridized carbons (Fsp3) is 0.600. The molecule has 1 aromatic rings. The van der Waals surface area contributed by atoms with E-state index in [9.17, 15) is 8.42 Å². The summed E-state index contributed by atoms with van der Waals surface area (Å²) in [6.07, 6.45) is 0. The number of rotatable bonds is 5. The number of hydrogen-bond donors (Lipinski definition) is 1. The van der Waals surface area contributed by atoms with Gasteiger partial charge in [-0.15, -0.1) is 0 Å². The van der Waals surface area contributed by atoms with Gasteiger partial charge in [0, 0.05) is 25.2 Å². The predicted octanol–water partition coefficient (Wildman–Crippen LogP) is 2.04. The Morgan fingerprint density at radius 1 is 1.32 bits per heavy atom. The molecule has 1 saturated heterocycles. The van der Waals surface area contributed by atoms with Crippen LogP contribution in [0.2, 0.25) is 5.02 Å². The largest absolute Gasteiger partial charge is 0.379 e. The topological polar surface area (TPSA) is 58.6 Å². The molecule has 2 rings (SSSR count). The molecule has 0 aromatic heterocycles. The Morgan fingerprint density at radius 2 is 1.95 bits per heavy atom. The average Bonchev–Trinajstić information content (AvgIpc) is 2.46. The molecule has 1 aromatic carbocycles. The van der Waals surface area contributed by atoms with Crippen LogP contribution in [0.25, 0.3) is 0 Å². The van der Waals surface area contributed by atoms with Gasteiger partial charge >= 0.3 is 0 Å². The Balaban J connectivity index is 2.08. The van der Waals surface area contributed by atoms with Crippen molar-refractivity contribution in [3.63, 3.8) is 0 Å². The van der Waals surface area contributed by atoms with Crippen molar-refractivity contribution in [1.82, 2.24) is 9.62 Å². The Bertz CT molecular complexity index is 626. The van der Waals surface area contributed by atoms with Crippen LogP contribution in [0.1, 0.15) is 19.4 Å². The molecule has 0 atom stereocenters. The van der Waals surface area contributed by atoms with Gasteiger partial charge in [-0.2, -0.15) is 0 Å². The smallest absolute Gasteiger partial charge is 0.242 e. The lowest BCUT2D eigenvalue weighted by Gasteiger charge is -2.40. The molecular formula is C15H23ClN2O3S. The molecule has 0 spiro atoms. The summed E-state index contributed by atoms with van der Waals surface area (Å²) in [6, 6.07) is 4.94. The number of hydrogen-bond acceptors (Lipinski definition) is 4. The lowest BCUT2D eigenvalue weighted by Crippen LogP contribution is -2.55. The van der Waals surface area contributed by atoms with Crippen LogP contribution in [0.5, 0.6) is 0 Å². The number of aryl methyl sites for hydroxylation is 1. The van der Waals surface area contributed by atoms with Gasteiger partial charge in [0.25, 0.3) is 0 Å². The van der Waals surface area contributed by atoms with Crippen molar-refractivity contribution in [2.75, 3.05) is 32.8 Å². The third-order valence-electron chi connectivity index (χ3n) is 3.94. The molecule has 0 radical (unpaired) electrons. The molecule has 0 bridgehead atoms. The van der Waals surface area contributed by atoms with E-state index in [4.69, 9.17) is 16.3 Å². The standard InChI is InChI=1S/C15H23ClN2O3S/c1-12-4-5-14(13(16)10-12)22(19,20)17-11-15(2,3)18-6-8-21-9-7-18/h4-5,10,17H,6-9,11H2,1-3H3. The number of halogens is 1. The first kappa shape index (κ1) is 17.7. The number of sulfonamides is 1. The summed E-state index contributed by atoms with van der Waals surface area (Å²) in [6.45, 7) is 9.21. The molecule has 1 heterocycles. The summed E-state index contributed by atoms with van der Waals surface area (Å²) in [5.74, 6) is 0. The van der Waals surface area contributed by atoms with Crippen LogP contribution in [0.4, 0.5) is 0 Å². The molecule has 0 unspecified atom stereocenters. The van der Waals surface area contributed by atoms with Gasteiger partial charge in [-0.3, -0.25) is 4.90 Å². The van der Waals surface area contributed by atoms with E-state index in [0.29, 0.717) is 19.8 Å². The van der Waals surface area contributed by atoms with Gasteiger partial charge in [0.15, 0.2) is 0 Å². The number of morpholine rings is 1. The maximum Gasteiger partial charge on any atom is 0.242 e. The Kier molecular flexibility index (Phi) is 5.50. The van der Waals surface area contributed by atoms with Crippen LogP contribution >= 0.6 is 11.6 Å². The highest BCUT2D eigenvalue weighted by Gasteiger charge is 2.30. The van der Waals surface area contributed by atoms with Crippen molar-refractivity contribution in [3.05, 3.63) is 28.8 Å². The van der Waals surface area contributed by atoms with Crippen LogP contribution < -0.4 is 4.72 Å². The van der Waals surface area contributed by atoms with Crippen LogP contribution in [0.3, 0.4) is 0 Å². The molecule has 0 aliphatic carbocycles. The van der Waals surface area contributed by atoms with Crippen molar-refractivity contribution < 1.29 is 13.2 Å². The van der Waals surface area contributed by atoms with Gasteiger partial charge in [-0.05, 0) is 38.5 Å². The summed E-state index contributed by atoms with van der Waals surface area (Å²) in [4.78, 5) is 2.35. The van der Waals surface area contributed by atoms with Gasteiger partial charge in [0.1, 0.15) is 4.90 Å². The zero-order valence-electron chi connectivity index (χ0n) is 13.2. The van der Waals surface area contributed by atoms with E-state index in [0.717, 1.165) is 18.7 Å². The summed E-state index contributed by atoms with van der Waals surface area (Å²) in [5.41, 5.74) is 0.645. The highest BCUT2D eigenvalue weighted by Crippen LogP contribution is 2.23. The van der Waals surface area contributed by atoms with E-state index in [1.165, 1.54) is 0 Å². The molecule has 1 aliphatic heterocycles. The summed E-state index contributed by atoms with van der Waals surface area (Å²) in [7, 11) is -3.62. The fourth-order valence-corrected chi connectivity index (χ4v) is 4.26. The zero-order chi connectivity index (χ0) is 16.4. The molecule has 0 amide bonds. The third kappa shape index (κ3) is 4.20. The number of ether oxygens (including phenoxy) is 1. The monoisotopic (exact) mass is 346 g/mol. The second-order valence-corrected chi connectivity index (χ2v) is 8.31. The van der Waals surface area contributed by atoms with Gasteiger partial charge in [-0.1, -0.05) is 17.7 Å². The molecule has 7 heteroatoms. The Labute approximate surface area is 137 Å². The molecule has 1 fully saturated rings. The zero-order valence-corrected chi connectivity index (χ0v) is 14.8. The first-order valence-corrected chi connectivity index (χ1v) is 9.17. The number of nitrogens with zero attached hydrogens (tertiary/aromatic N) is 1. The second kappa shape index (κ2) is 6.84. The van der Waals surface area contributed by atoms with Crippen molar-refractivity contribution in [2.45, 2.75) is 31.2 Å². The molecular weight excluding hydrogens is 324 g/mol. The quantitative estimate of drug-likeness (QED) is 0.886. The SMILES string of the molecule is Cc1ccc(S(=O)(=O)NCC(C)(C)N2CCOCC2)c(Cl)c1. The van der Waals surface area contributed by atoms with E-state index < -0.39 is 10.0 Å². The highest BCUT2D eigenvalue weighted by molar-refractivity contribution is 7.89. The van der Waals surface area contributed by atoms with Crippen LogP contribution in [0, 0.1) is 6.92 Å². The summed E-state index contributed by atoms with van der Waals surface area (Å²) in [5, 5.41) is 0.247. The van der Waals surface area contributed by atoms with Gasteiger partial charge in [-0.25, -0.2) is 13.1 Å². The van der Waals surface area contributed by atoms with Crippen LogP contribution in [0.15, 0.2) is 23.1 Å². The lowest BCUT2D eigenvalue weighted by molar-refractivity contribution is -0.00803. The van der Waals surface area contributed by atoms with E-state index in [-0.39, 0.29) is 15.5 Å². The van der Waals surface area contributed by atoms with E-state index in [1.807, 2.05) is 20.8 Å². The van der Waals surface area contributed by atoms with E-state index >= 15 is 0 Å². The number of nitrogens with one attached hydrogen (secondary N) is 1. The molecule has 1 N–H and O–H groups in total. The first-order valence-electron chi connectivity index (χ1n) is 7.31. The fourth-order valence-electron chi connectivity index (χ4n) is 2.45. The minimum Gasteiger partial charge on any atom is -0.379 e. The lowest BCUT2D eigenvalue weighted by atomic mass is 10.0. The van der Waals surface area contributed by atoms with E-state index in [2.05, 4.69) is 9.62 Å². The van der Waals surface area contributed by atoms with Crippen LogP contribution in [-0.4, -0.2) is 51.7 Å². The van der Waals surface area contributed by atoms with Crippen LogP contribution in [-0.2, 0) is 14.8 Å². The Hall–Kier alpha value is -0.660. The average molecular weight is 347 g/mol. The molecule has 1 aliphatic rings. The van der Waals surface area contributed by atoms with Crippen molar-refractivity contribution in [2.24, 2.45) is 0 Å². The van der Waals surface area contributed by atoms with Gasteiger partial charge in [0.05, 0.1) is 18.2 Å². The Morgan fingerprint density at radius 3 is 2.55 bits per heavy atom. The number of benzene rings is 1. The second-order valence-electron chi connectivity index (χ2n) is 6.17. The van der Waals surface area contributed by atoms with Crippen molar-refractivity contribution in [3.8, 4) is 0 Å². The van der Waals surface area contributed by atoms with E-state index in [1.54, 1.807) is 18.2 Å². The molecule has 22 heavy (non-hydrogen) atoms. The first-order chi connectivity index (χ1) is 10.2. The third-order valence-corrected chi connectivity index (χ3v) is 5.82. The molecule has 5 nitrogen and oxygen atoms in total. The van der Waals surface area contributed by atoms with Crippen molar-refractivity contribution >= 4 is 21.6 Å². The minimum absolute atomic E-state index is 0.123. The van der Waals surface area contributed by atoms with Crippen molar-refractivity contribution in [1.29, 1.82) is 0 Å². The molecule has 124 valence electrons. The van der Waals surface area contributed by atoms with Gasteiger partial charge in [0.2, 0.25) is 10.0 Å². The maximum atomic E-state index is 12.5. The highest BCUT2D eigenvalue weighted by atomic mass is 35.5.